The summed E-state index contributed by atoms with van der Waals surface area (Å²) in [4.78, 5) is 16.1. The van der Waals surface area contributed by atoms with Crippen LogP contribution in [0.2, 0.25) is 15.1 Å². The van der Waals surface area contributed by atoms with E-state index in [1.165, 1.54) is 25.3 Å². The van der Waals surface area contributed by atoms with Gasteiger partial charge < -0.3 is 4.74 Å². The summed E-state index contributed by atoms with van der Waals surface area (Å²) in [6, 6.07) is 7.57. The molecule has 0 saturated heterocycles. The molecule has 0 aliphatic rings. The van der Waals surface area contributed by atoms with Crippen LogP contribution < -0.4 is 0 Å². The van der Waals surface area contributed by atoms with Gasteiger partial charge in [-0.25, -0.2) is 9.78 Å². The first-order chi connectivity index (χ1) is 12.6. The molecule has 0 fully saturated rings. The second-order valence-electron chi connectivity index (χ2n) is 5.53. The van der Waals surface area contributed by atoms with Crippen LogP contribution in [-0.4, -0.2) is 18.1 Å². The van der Waals surface area contributed by atoms with Crippen molar-refractivity contribution < 1.29 is 22.7 Å². The normalized spacial score (nSPS) is 11.7. The number of nitrogens with zero attached hydrogens (tertiary/aromatic N) is 1. The van der Waals surface area contributed by atoms with Gasteiger partial charge in [0.05, 0.1) is 44.5 Å². The molecule has 0 spiro atoms. The molecule has 27 heavy (non-hydrogen) atoms. The van der Waals surface area contributed by atoms with E-state index < -0.39 is 17.7 Å². The summed E-state index contributed by atoms with van der Waals surface area (Å²) in [7, 11) is 1.24. The van der Waals surface area contributed by atoms with Gasteiger partial charge in [0.1, 0.15) is 0 Å². The molecular weight excluding hydrogens is 426 g/mol. The molecule has 3 aromatic rings. The number of pyridine rings is 1. The SMILES string of the molecule is COC(=O)c1ccc2c(Cl)cc(-c3c(Cl)cc(C(F)(F)F)cc3Cl)nc2c1. The number of rotatable bonds is 2. The molecule has 0 saturated carbocycles. The predicted molar refractivity (Wildman–Crippen MR) is 98.6 cm³/mol. The third-order valence-electron chi connectivity index (χ3n) is 3.81. The molecule has 1 heterocycles. The van der Waals surface area contributed by atoms with Crippen molar-refractivity contribution in [1.29, 1.82) is 0 Å². The number of ether oxygens (including phenoxy) is 1. The summed E-state index contributed by atoms with van der Waals surface area (Å²) < 4.78 is 43.4. The number of alkyl halides is 3. The van der Waals surface area contributed by atoms with Gasteiger partial charge in [0, 0.05) is 10.9 Å². The van der Waals surface area contributed by atoms with E-state index in [0.29, 0.717) is 10.9 Å². The van der Waals surface area contributed by atoms with Crippen molar-refractivity contribution in [3.63, 3.8) is 0 Å². The first-order valence-corrected chi connectivity index (χ1v) is 8.50. The first-order valence-electron chi connectivity index (χ1n) is 7.37. The van der Waals surface area contributed by atoms with Crippen LogP contribution in [0.3, 0.4) is 0 Å². The molecular formula is C18H9Cl3F3NO2. The van der Waals surface area contributed by atoms with Crippen molar-refractivity contribution in [2.45, 2.75) is 6.18 Å². The van der Waals surface area contributed by atoms with E-state index in [1.807, 2.05) is 0 Å². The lowest BCUT2D eigenvalue weighted by atomic mass is 10.1. The fraction of sp³-hybridized carbons (Fsp3) is 0.111. The maximum atomic E-state index is 12.9. The molecule has 9 heteroatoms. The monoisotopic (exact) mass is 433 g/mol. The van der Waals surface area contributed by atoms with Crippen molar-refractivity contribution in [1.82, 2.24) is 4.98 Å². The Kier molecular flexibility index (Phi) is 5.25. The Morgan fingerprint density at radius 1 is 1.00 bits per heavy atom. The Balaban J connectivity index is 2.21. The number of hydrogen-bond donors (Lipinski definition) is 0. The quantitative estimate of drug-likeness (QED) is 0.423. The fourth-order valence-electron chi connectivity index (χ4n) is 2.54. The number of carbonyl (C=O) groups excluding carboxylic acids is 1. The van der Waals surface area contributed by atoms with Gasteiger partial charge in [0.15, 0.2) is 0 Å². The van der Waals surface area contributed by atoms with Crippen molar-refractivity contribution in [2.24, 2.45) is 0 Å². The number of benzene rings is 2. The van der Waals surface area contributed by atoms with Gasteiger partial charge in [-0.1, -0.05) is 40.9 Å². The molecule has 0 aliphatic carbocycles. The highest BCUT2D eigenvalue weighted by Crippen LogP contribution is 2.41. The largest absolute Gasteiger partial charge is 0.465 e. The fourth-order valence-corrected chi connectivity index (χ4v) is 3.48. The zero-order valence-electron chi connectivity index (χ0n) is 13.5. The summed E-state index contributed by atoms with van der Waals surface area (Å²) in [5.41, 5.74) is -0.0966. The smallest absolute Gasteiger partial charge is 0.416 e. The van der Waals surface area contributed by atoms with E-state index in [4.69, 9.17) is 34.8 Å². The molecule has 3 nitrogen and oxygen atoms in total. The number of halogens is 6. The number of methoxy groups -OCH3 is 1. The van der Waals surface area contributed by atoms with Crippen LogP contribution >= 0.6 is 34.8 Å². The summed E-state index contributed by atoms with van der Waals surface area (Å²) in [5.74, 6) is -0.564. The van der Waals surface area contributed by atoms with Crippen LogP contribution in [0, 0.1) is 0 Å². The molecule has 1 aromatic heterocycles. The molecule has 0 bridgehead atoms. The van der Waals surface area contributed by atoms with E-state index >= 15 is 0 Å². The highest BCUT2D eigenvalue weighted by atomic mass is 35.5. The zero-order valence-corrected chi connectivity index (χ0v) is 15.8. The maximum absolute atomic E-state index is 12.9. The molecule has 0 unspecified atom stereocenters. The third kappa shape index (κ3) is 3.83. The lowest BCUT2D eigenvalue weighted by Crippen LogP contribution is -2.05. The number of carbonyl (C=O) groups is 1. The van der Waals surface area contributed by atoms with E-state index in [0.717, 1.165) is 12.1 Å². The average molecular weight is 435 g/mol. The minimum absolute atomic E-state index is 0.110. The highest BCUT2D eigenvalue weighted by Gasteiger charge is 2.32. The summed E-state index contributed by atoms with van der Waals surface area (Å²) in [6.45, 7) is 0. The van der Waals surface area contributed by atoms with Crippen molar-refractivity contribution >= 4 is 51.7 Å². The molecule has 0 aliphatic heterocycles. The Morgan fingerprint density at radius 2 is 1.63 bits per heavy atom. The second kappa shape index (κ2) is 7.19. The van der Waals surface area contributed by atoms with Crippen LogP contribution in [0.25, 0.3) is 22.2 Å². The lowest BCUT2D eigenvalue weighted by Gasteiger charge is -2.13. The topological polar surface area (TPSA) is 39.2 Å². The van der Waals surface area contributed by atoms with E-state index in [2.05, 4.69) is 9.72 Å². The number of esters is 1. The van der Waals surface area contributed by atoms with Crippen LogP contribution in [0.5, 0.6) is 0 Å². The van der Waals surface area contributed by atoms with E-state index in [9.17, 15) is 18.0 Å². The predicted octanol–water partition coefficient (Wildman–Crippen LogP) is 6.67. The van der Waals surface area contributed by atoms with Gasteiger partial charge in [-0.05, 0) is 30.3 Å². The minimum atomic E-state index is -4.59. The highest BCUT2D eigenvalue weighted by molar-refractivity contribution is 6.40. The van der Waals surface area contributed by atoms with Crippen LogP contribution in [0.15, 0.2) is 36.4 Å². The van der Waals surface area contributed by atoms with Gasteiger partial charge in [0.2, 0.25) is 0 Å². The Bertz CT molecular complexity index is 1040. The molecule has 140 valence electrons. The standard InChI is InChI=1S/C18H9Cl3F3NO2/c1-27-17(26)8-2-3-10-11(19)7-15(25-14(10)4-8)16-12(20)5-9(6-13(16)21)18(22,23)24/h2-7H,1H3. The molecule has 0 atom stereocenters. The first kappa shape index (κ1) is 19.7. The zero-order chi connectivity index (χ0) is 19.9. The Morgan fingerprint density at radius 3 is 2.19 bits per heavy atom. The summed E-state index contributed by atoms with van der Waals surface area (Å²) in [6.07, 6.45) is -4.59. The van der Waals surface area contributed by atoms with Gasteiger partial charge in [-0.2, -0.15) is 13.2 Å². The summed E-state index contributed by atoms with van der Waals surface area (Å²) in [5, 5.41) is 0.384. The number of hydrogen-bond acceptors (Lipinski definition) is 3. The van der Waals surface area contributed by atoms with Crippen molar-refractivity contribution in [2.75, 3.05) is 7.11 Å². The molecule has 3 rings (SSSR count). The van der Waals surface area contributed by atoms with E-state index in [1.54, 1.807) is 6.07 Å². The van der Waals surface area contributed by atoms with Crippen molar-refractivity contribution in [3.05, 3.63) is 62.6 Å². The minimum Gasteiger partial charge on any atom is -0.465 e. The summed E-state index contributed by atoms with van der Waals surface area (Å²) >= 11 is 18.3. The van der Waals surface area contributed by atoms with Crippen LogP contribution in [0.4, 0.5) is 13.2 Å². The Hall–Kier alpha value is -2.02. The number of fused-ring (bicyclic) bond motifs is 1. The molecule has 2 aromatic carbocycles. The van der Waals surface area contributed by atoms with Crippen LogP contribution in [-0.2, 0) is 10.9 Å². The third-order valence-corrected chi connectivity index (χ3v) is 4.71. The van der Waals surface area contributed by atoms with Gasteiger partial charge in [-0.15, -0.1) is 0 Å². The lowest BCUT2D eigenvalue weighted by molar-refractivity contribution is -0.137. The van der Waals surface area contributed by atoms with E-state index in [-0.39, 0.29) is 31.9 Å². The molecule has 0 amide bonds. The van der Waals surface area contributed by atoms with Crippen LogP contribution in [0.1, 0.15) is 15.9 Å². The Labute approximate surface area is 166 Å². The van der Waals surface area contributed by atoms with Gasteiger partial charge in [-0.3, -0.25) is 0 Å². The second-order valence-corrected chi connectivity index (χ2v) is 6.75. The average Bonchev–Trinajstić information content (AvgIpc) is 2.59. The van der Waals surface area contributed by atoms with Crippen molar-refractivity contribution in [3.8, 4) is 11.3 Å². The van der Waals surface area contributed by atoms with Gasteiger partial charge in [0.25, 0.3) is 0 Å². The molecule has 0 radical (unpaired) electrons. The number of aromatic nitrogens is 1. The maximum Gasteiger partial charge on any atom is 0.416 e. The van der Waals surface area contributed by atoms with Gasteiger partial charge >= 0.3 is 12.1 Å². The molecule has 0 N–H and O–H groups in total.